The smallest absolute Gasteiger partial charge is 0.156 e. The van der Waals surface area contributed by atoms with Crippen molar-refractivity contribution in [3.05, 3.63) is 28.5 Å². The molecule has 1 unspecified atom stereocenters. The van der Waals surface area contributed by atoms with E-state index in [1.807, 2.05) is 0 Å². The summed E-state index contributed by atoms with van der Waals surface area (Å²) in [5.41, 5.74) is 6.13. The Labute approximate surface area is 97.9 Å². The summed E-state index contributed by atoms with van der Waals surface area (Å²) in [7, 11) is -3.14. The Morgan fingerprint density at radius 2 is 2.20 bits per heavy atom. The van der Waals surface area contributed by atoms with Crippen LogP contribution in [0.25, 0.3) is 0 Å². The lowest BCUT2D eigenvalue weighted by Crippen LogP contribution is -2.27. The zero-order chi connectivity index (χ0) is 11.5. The number of halogens is 1. The zero-order valence-electron chi connectivity index (χ0n) is 8.35. The lowest BCUT2D eigenvalue weighted by Gasteiger charge is -2.06. The van der Waals surface area contributed by atoms with Crippen molar-refractivity contribution in [3.63, 3.8) is 0 Å². The second-order valence-electron chi connectivity index (χ2n) is 3.54. The zero-order valence-corrected chi connectivity index (χ0v) is 10.8. The lowest BCUT2D eigenvalue weighted by molar-refractivity contribution is 0.589. The SMILES string of the molecule is CC(N)CS(=O)(=O)Cc1cncc(Br)c1. The highest BCUT2D eigenvalue weighted by Gasteiger charge is 2.14. The van der Waals surface area contributed by atoms with E-state index in [1.54, 1.807) is 25.4 Å². The maximum absolute atomic E-state index is 11.6. The van der Waals surface area contributed by atoms with E-state index in [1.165, 1.54) is 0 Å². The summed E-state index contributed by atoms with van der Waals surface area (Å²) < 4.78 is 24.0. The van der Waals surface area contributed by atoms with Gasteiger partial charge in [-0.05, 0) is 34.5 Å². The van der Waals surface area contributed by atoms with Gasteiger partial charge >= 0.3 is 0 Å². The maximum atomic E-state index is 11.6. The van der Waals surface area contributed by atoms with E-state index in [-0.39, 0.29) is 17.5 Å². The number of nitrogens with two attached hydrogens (primary N) is 1. The summed E-state index contributed by atoms with van der Waals surface area (Å²) in [6, 6.07) is 1.40. The molecule has 1 aromatic rings. The minimum absolute atomic E-state index is 0.000483. The molecule has 0 aliphatic carbocycles. The molecule has 1 aromatic heterocycles. The maximum Gasteiger partial charge on any atom is 0.156 e. The van der Waals surface area contributed by atoms with Crippen LogP contribution in [0.15, 0.2) is 22.9 Å². The van der Waals surface area contributed by atoms with E-state index in [2.05, 4.69) is 20.9 Å². The van der Waals surface area contributed by atoms with Gasteiger partial charge < -0.3 is 5.73 Å². The van der Waals surface area contributed by atoms with Crippen LogP contribution in [0.5, 0.6) is 0 Å². The van der Waals surface area contributed by atoms with Crippen molar-refractivity contribution in [2.45, 2.75) is 18.7 Å². The molecule has 0 saturated carbocycles. The summed E-state index contributed by atoms with van der Waals surface area (Å²) in [4.78, 5) is 3.90. The van der Waals surface area contributed by atoms with Gasteiger partial charge in [-0.15, -0.1) is 0 Å². The molecule has 15 heavy (non-hydrogen) atoms. The highest BCUT2D eigenvalue weighted by Crippen LogP contribution is 2.12. The van der Waals surface area contributed by atoms with Crippen LogP contribution in [0.3, 0.4) is 0 Å². The Morgan fingerprint density at radius 3 is 2.73 bits per heavy atom. The van der Waals surface area contributed by atoms with Crippen molar-refractivity contribution in [2.24, 2.45) is 5.73 Å². The molecule has 84 valence electrons. The van der Waals surface area contributed by atoms with Gasteiger partial charge in [0.1, 0.15) is 0 Å². The summed E-state index contributed by atoms with van der Waals surface area (Å²) in [6.45, 7) is 1.68. The average molecular weight is 293 g/mol. The second-order valence-corrected chi connectivity index (χ2v) is 6.57. The molecule has 0 bridgehead atoms. The fourth-order valence-electron chi connectivity index (χ4n) is 1.25. The lowest BCUT2D eigenvalue weighted by atomic mass is 10.3. The van der Waals surface area contributed by atoms with Gasteiger partial charge in [0, 0.05) is 22.9 Å². The quantitative estimate of drug-likeness (QED) is 0.902. The van der Waals surface area contributed by atoms with Crippen molar-refractivity contribution in [1.82, 2.24) is 4.98 Å². The molecular weight excluding hydrogens is 280 g/mol. The minimum atomic E-state index is -3.14. The van der Waals surface area contributed by atoms with E-state index >= 15 is 0 Å². The topological polar surface area (TPSA) is 73.1 Å². The number of hydrogen-bond donors (Lipinski definition) is 1. The van der Waals surface area contributed by atoms with Gasteiger partial charge in [-0.1, -0.05) is 0 Å². The summed E-state index contributed by atoms with van der Waals surface area (Å²) in [6.07, 6.45) is 3.16. The molecule has 0 aliphatic heterocycles. The van der Waals surface area contributed by atoms with Gasteiger partial charge in [0.05, 0.1) is 11.5 Å². The molecule has 0 spiro atoms. The van der Waals surface area contributed by atoms with E-state index in [4.69, 9.17) is 5.73 Å². The first-order chi connectivity index (χ1) is 6.89. The fraction of sp³-hybridized carbons (Fsp3) is 0.444. The number of sulfone groups is 1. The Kier molecular flexibility index (Phi) is 4.24. The van der Waals surface area contributed by atoms with Gasteiger partial charge in [-0.3, -0.25) is 4.98 Å². The molecule has 4 nitrogen and oxygen atoms in total. The van der Waals surface area contributed by atoms with Gasteiger partial charge in [-0.25, -0.2) is 8.42 Å². The second kappa shape index (κ2) is 5.05. The minimum Gasteiger partial charge on any atom is -0.327 e. The highest BCUT2D eigenvalue weighted by molar-refractivity contribution is 9.10. The van der Waals surface area contributed by atoms with Crippen LogP contribution >= 0.6 is 15.9 Å². The normalized spacial score (nSPS) is 13.8. The highest BCUT2D eigenvalue weighted by atomic mass is 79.9. The molecule has 0 fully saturated rings. The molecule has 6 heteroatoms. The van der Waals surface area contributed by atoms with Crippen LogP contribution in [0.2, 0.25) is 0 Å². The largest absolute Gasteiger partial charge is 0.327 e. The third-order valence-electron chi connectivity index (χ3n) is 1.66. The molecule has 2 N–H and O–H groups in total. The Morgan fingerprint density at radius 1 is 1.53 bits per heavy atom. The van der Waals surface area contributed by atoms with E-state index < -0.39 is 9.84 Å². The first kappa shape index (κ1) is 12.6. The van der Waals surface area contributed by atoms with Crippen LogP contribution in [0.1, 0.15) is 12.5 Å². The number of aromatic nitrogens is 1. The molecule has 1 atom stereocenters. The number of hydrogen-bond acceptors (Lipinski definition) is 4. The standard InChI is InChI=1S/C9H13BrN2O2S/c1-7(11)5-15(13,14)6-8-2-9(10)4-12-3-8/h2-4,7H,5-6,11H2,1H3. The monoisotopic (exact) mass is 292 g/mol. The predicted molar refractivity (Wildman–Crippen MR) is 63.1 cm³/mol. The van der Waals surface area contributed by atoms with Crippen molar-refractivity contribution in [3.8, 4) is 0 Å². The van der Waals surface area contributed by atoms with Crippen molar-refractivity contribution in [2.75, 3.05) is 5.75 Å². The van der Waals surface area contributed by atoms with Crippen LogP contribution in [-0.2, 0) is 15.6 Å². The molecule has 0 aromatic carbocycles. The fourth-order valence-corrected chi connectivity index (χ4v) is 3.25. The number of nitrogens with zero attached hydrogens (tertiary/aromatic N) is 1. The molecule has 1 heterocycles. The molecule has 1 rings (SSSR count). The van der Waals surface area contributed by atoms with Crippen LogP contribution < -0.4 is 5.73 Å². The predicted octanol–water partition coefficient (Wildman–Crippen LogP) is 1.11. The molecular formula is C9H13BrN2O2S. The summed E-state index contributed by atoms with van der Waals surface area (Å²) in [5, 5.41) is 0. The molecule has 0 saturated heterocycles. The summed E-state index contributed by atoms with van der Waals surface area (Å²) >= 11 is 3.24. The summed E-state index contributed by atoms with van der Waals surface area (Å²) in [5.74, 6) is -0.0134. The van der Waals surface area contributed by atoms with Crippen molar-refractivity contribution in [1.29, 1.82) is 0 Å². The van der Waals surface area contributed by atoms with Crippen LogP contribution in [0.4, 0.5) is 0 Å². The van der Waals surface area contributed by atoms with Gasteiger partial charge in [0.15, 0.2) is 9.84 Å². The van der Waals surface area contributed by atoms with E-state index in [0.29, 0.717) is 5.56 Å². The van der Waals surface area contributed by atoms with E-state index in [9.17, 15) is 8.42 Å². The average Bonchev–Trinajstić information content (AvgIpc) is 1.99. The third kappa shape index (κ3) is 4.72. The van der Waals surface area contributed by atoms with Crippen LogP contribution in [-0.4, -0.2) is 25.2 Å². The van der Waals surface area contributed by atoms with Gasteiger partial charge in [0.25, 0.3) is 0 Å². The Balaban J connectivity index is 2.78. The van der Waals surface area contributed by atoms with Gasteiger partial charge in [0.2, 0.25) is 0 Å². The molecule has 0 aliphatic rings. The third-order valence-corrected chi connectivity index (χ3v) is 3.91. The van der Waals surface area contributed by atoms with Crippen molar-refractivity contribution < 1.29 is 8.42 Å². The Bertz CT molecular complexity index is 431. The Hall–Kier alpha value is -0.460. The first-order valence-corrected chi connectivity index (χ1v) is 7.06. The number of pyridine rings is 1. The number of rotatable bonds is 4. The van der Waals surface area contributed by atoms with Crippen molar-refractivity contribution >= 4 is 25.8 Å². The molecule has 0 amide bonds. The van der Waals surface area contributed by atoms with Crippen LogP contribution in [0, 0.1) is 0 Å². The molecule has 0 radical (unpaired) electrons. The van der Waals surface area contributed by atoms with E-state index in [0.717, 1.165) is 4.47 Å². The first-order valence-electron chi connectivity index (χ1n) is 4.44. The van der Waals surface area contributed by atoms with Gasteiger partial charge in [-0.2, -0.15) is 0 Å².